The number of hydrogen-bond acceptors (Lipinski definition) is 1. The van der Waals surface area contributed by atoms with Crippen molar-refractivity contribution >= 4 is 34.8 Å². The Hall–Kier alpha value is -1.55. The third-order valence-corrected chi connectivity index (χ3v) is 4.07. The lowest BCUT2D eigenvalue weighted by Gasteiger charge is -2.17. The van der Waals surface area contributed by atoms with Crippen molar-refractivity contribution in [1.82, 2.24) is 0 Å². The Morgan fingerprint density at radius 1 is 1.09 bits per heavy atom. The van der Waals surface area contributed by atoms with Gasteiger partial charge in [0.1, 0.15) is 6.04 Å². The Morgan fingerprint density at radius 2 is 1.77 bits per heavy atom. The fourth-order valence-electron chi connectivity index (χ4n) is 2.23. The van der Waals surface area contributed by atoms with Crippen LogP contribution in [0.1, 0.15) is 25.5 Å². The van der Waals surface area contributed by atoms with E-state index in [1.54, 1.807) is 18.2 Å². The lowest BCUT2D eigenvalue weighted by atomic mass is 10.1. The number of benzene rings is 2. The van der Waals surface area contributed by atoms with Gasteiger partial charge in [-0.05, 0) is 32.0 Å². The normalized spacial score (nSPS) is 13.5. The number of quaternary nitrogens is 1. The van der Waals surface area contributed by atoms with Crippen LogP contribution in [0.5, 0.6) is 0 Å². The number of hydrogen-bond donors (Lipinski definition) is 2. The number of halogens is 2. The van der Waals surface area contributed by atoms with E-state index >= 15 is 0 Å². The Morgan fingerprint density at radius 3 is 2.45 bits per heavy atom. The quantitative estimate of drug-likeness (QED) is 0.859. The summed E-state index contributed by atoms with van der Waals surface area (Å²) in [5, 5.41) is 5.85. The first-order valence-electron chi connectivity index (χ1n) is 7.13. The van der Waals surface area contributed by atoms with Gasteiger partial charge >= 0.3 is 0 Å². The summed E-state index contributed by atoms with van der Waals surface area (Å²) in [4.78, 5) is 12.3. The van der Waals surface area contributed by atoms with Crippen molar-refractivity contribution in [1.29, 1.82) is 0 Å². The number of carbonyl (C=O) groups excluding carboxylic acids is 1. The predicted molar refractivity (Wildman–Crippen MR) is 91.3 cm³/mol. The molecule has 0 aliphatic heterocycles. The largest absolute Gasteiger partial charge is 0.330 e. The van der Waals surface area contributed by atoms with Gasteiger partial charge in [0.2, 0.25) is 0 Å². The lowest BCUT2D eigenvalue weighted by Crippen LogP contribution is -2.91. The van der Waals surface area contributed by atoms with Crippen LogP contribution in [0.4, 0.5) is 5.69 Å². The van der Waals surface area contributed by atoms with Gasteiger partial charge in [-0.1, -0.05) is 53.5 Å². The van der Waals surface area contributed by atoms with E-state index in [0.29, 0.717) is 15.7 Å². The third kappa shape index (κ3) is 4.47. The van der Waals surface area contributed by atoms with E-state index < -0.39 is 0 Å². The molecule has 0 saturated heterocycles. The molecule has 5 heteroatoms. The summed E-state index contributed by atoms with van der Waals surface area (Å²) < 4.78 is 0. The molecule has 116 valence electrons. The van der Waals surface area contributed by atoms with Crippen LogP contribution in [0.3, 0.4) is 0 Å². The van der Waals surface area contributed by atoms with Gasteiger partial charge < -0.3 is 10.6 Å². The van der Waals surface area contributed by atoms with Gasteiger partial charge in [0.25, 0.3) is 5.91 Å². The number of anilines is 1. The fourth-order valence-corrected chi connectivity index (χ4v) is 2.56. The summed E-state index contributed by atoms with van der Waals surface area (Å²) in [5.74, 6) is -0.105. The van der Waals surface area contributed by atoms with Gasteiger partial charge in [0.15, 0.2) is 6.04 Å². The second-order valence-corrected chi connectivity index (χ2v) is 6.14. The molecule has 22 heavy (non-hydrogen) atoms. The van der Waals surface area contributed by atoms with Crippen LogP contribution < -0.4 is 10.6 Å². The second-order valence-electron chi connectivity index (χ2n) is 5.29. The van der Waals surface area contributed by atoms with E-state index in [-0.39, 0.29) is 18.0 Å². The molecule has 0 saturated carbocycles. The monoisotopic (exact) mass is 337 g/mol. The van der Waals surface area contributed by atoms with Gasteiger partial charge in [-0.25, -0.2) is 0 Å². The summed E-state index contributed by atoms with van der Waals surface area (Å²) >= 11 is 12.0. The molecule has 2 aromatic rings. The summed E-state index contributed by atoms with van der Waals surface area (Å²) in [6, 6.07) is 15.0. The fraction of sp³-hybridized carbons (Fsp3) is 0.235. The van der Waals surface area contributed by atoms with Crippen molar-refractivity contribution in [3.8, 4) is 0 Å². The molecule has 0 fully saturated rings. The van der Waals surface area contributed by atoms with Gasteiger partial charge in [-0.2, -0.15) is 0 Å². The summed E-state index contributed by atoms with van der Waals surface area (Å²) in [6.45, 7) is 3.94. The molecular formula is C17H19Cl2N2O+. The Kier molecular flexibility index (Phi) is 5.83. The molecule has 0 aliphatic rings. The molecule has 0 heterocycles. The van der Waals surface area contributed by atoms with E-state index in [1.807, 2.05) is 30.4 Å². The van der Waals surface area contributed by atoms with E-state index in [0.717, 1.165) is 0 Å². The van der Waals surface area contributed by atoms with Gasteiger partial charge in [-0.15, -0.1) is 0 Å². The molecule has 3 nitrogen and oxygen atoms in total. The van der Waals surface area contributed by atoms with Crippen molar-refractivity contribution in [3.05, 3.63) is 64.1 Å². The minimum atomic E-state index is -0.245. The van der Waals surface area contributed by atoms with Crippen molar-refractivity contribution in [2.75, 3.05) is 5.32 Å². The summed E-state index contributed by atoms with van der Waals surface area (Å²) in [6.07, 6.45) is 0. The number of carbonyl (C=O) groups is 1. The van der Waals surface area contributed by atoms with Gasteiger partial charge in [-0.3, -0.25) is 4.79 Å². The predicted octanol–water partition coefficient (Wildman–Crippen LogP) is 3.65. The minimum absolute atomic E-state index is 0.105. The maximum absolute atomic E-state index is 12.3. The van der Waals surface area contributed by atoms with Crippen LogP contribution in [0.25, 0.3) is 0 Å². The molecule has 0 aliphatic carbocycles. The molecule has 0 radical (unpaired) electrons. The molecule has 2 aromatic carbocycles. The number of nitrogens with one attached hydrogen (secondary N) is 1. The molecule has 0 unspecified atom stereocenters. The zero-order chi connectivity index (χ0) is 16.1. The average Bonchev–Trinajstić information content (AvgIpc) is 2.51. The second kappa shape index (κ2) is 7.63. The first kappa shape index (κ1) is 16.8. The zero-order valence-corrected chi connectivity index (χ0v) is 14.0. The average molecular weight is 338 g/mol. The highest BCUT2D eigenvalue weighted by molar-refractivity contribution is 6.35. The first-order chi connectivity index (χ1) is 10.5. The Labute approximate surface area is 140 Å². The van der Waals surface area contributed by atoms with Gasteiger partial charge in [0, 0.05) is 10.6 Å². The van der Waals surface area contributed by atoms with E-state index in [9.17, 15) is 4.79 Å². The number of nitrogens with two attached hydrogens (primary N) is 1. The van der Waals surface area contributed by atoms with Crippen LogP contribution in [0.15, 0.2) is 48.5 Å². The summed E-state index contributed by atoms with van der Waals surface area (Å²) in [7, 11) is 0. The molecule has 0 spiro atoms. The molecule has 2 atom stereocenters. The Balaban J connectivity index is 1.99. The zero-order valence-electron chi connectivity index (χ0n) is 12.5. The number of amides is 1. The van der Waals surface area contributed by atoms with Gasteiger partial charge in [0.05, 0.1) is 10.7 Å². The molecule has 0 bridgehead atoms. The maximum Gasteiger partial charge on any atom is 0.282 e. The molecule has 2 rings (SSSR count). The van der Waals surface area contributed by atoms with E-state index in [4.69, 9.17) is 23.2 Å². The highest BCUT2D eigenvalue weighted by Crippen LogP contribution is 2.25. The van der Waals surface area contributed by atoms with E-state index in [2.05, 4.69) is 24.4 Å². The molecule has 0 aromatic heterocycles. The third-order valence-electron chi connectivity index (χ3n) is 3.50. The van der Waals surface area contributed by atoms with Crippen LogP contribution >= 0.6 is 23.2 Å². The van der Waals surface area contributed by atoms with Crippen molar-refractivity contribution in [2.45, 2.75) is 25.9 Å². The minimum Gasteiger partial charge on any atom is -0.330 e. The highest BCUT2D eigenvalue weighted by Gasteiger charge is 2.21. The standard InChI is InChI=1S/C17H18Cl2N2O/c1-11(13-6-4-3-5-7-13)20-12(2)17(22)21-16-10-14(18)8-9-15(16)19/h3-12,20H,1-2H3,(H,21,22)/p+1/t11-,12-/m1/s1. The van der Waals surface area contributed by atoms with Crippen molar-refractivity contribution in [3.63, 3.8) is 0 Å². The highest BCUT2D eigenvalue weighted by atomic mass is 35.5. The van der Waals surface area contributed by atoms with Crippen LogP contribution in [-0.4, -0.2) is 11.9 Å². The topological polar surface area (TPSA) is 45.7 Å². The van der Waals surface area contributed by atoms with Crippen molar-refractivity contribution < 1.29 is 10.1 Å². The van der Waals surface area contributed by atoms with Crippen molar-refractivity contribution in [2.24, 2.45) is 0 Å². The molecular weight excluding hydrogens is 319 g/mol. The molecule has 3 N–H and O–H groups in total. The van der Waals surface area contributed by atoms with Crippen LogP contribution in [-0.2, 0) is 4.79 Å². The van der Waals surface area contributed by atoms with Crippen LogP contribution in [0, 0.1) is 0 Å². The summed E-state index contributed by atoms with van der Waals surface area (Å²) in [5.41, 5.74) is 1.72. The Bertz CT molecular complexity index is 646. The van der Waals surface area contributed by atoms with Crippen LogP contribution in [0.2, 0.25) is 10.0 Å². The van der Waals surface area contributed by atoms with E-state index in [1.165, 1.54) is 5.56 Å². The maximum atomic E-state index is 12.3. The molecule has 1 amide bonds. The SMILES string of the molecule is C[C@@H]([NH2+][C@H](C)c1ccccc1)C(=O)Nc1cc(Cl)ccc1Cl. The smallest absolute Gasteiger partial charge is 0.282 e. The number of rotatable bonds is 5. The first-order valence-corrected chi connectivity index (χ1v) is 7.89. The lowest BCUT2D eigenvalue weighted by molar-refractivity contribution is -0.709.